The highest BCUT2D eigenvalue weighted by molar-refractivity contribution is 6.21. The Morgan fingerprint density at radius 3 is 2.29 bits per heavy atom. The monoisotopic (exact) mass is 465 g/mol. The van der Waals surface area contributed by atoms with Crippen molar-refractivity contribution in [1.82, 2.24) is 20.1 Å². The minimum Gasteiger partial charge on any atom is -0.443 e. The quantitative estimate of drug-likeness (QED) is 0.449. The summed E-state index contributed by atoms with van der Waals surface area (Å²) in [5, 5.41) is 2.76. The van der Waals surface area contributed by atoms with Gasteiger partial charge < -0.3 is 15.0 Å². The summed E-state index contributed by atoms with van der Waals surface area (Å²) in [6, 6.07) is 12.6. The molecule has 2 aliphatic rings. The van der Waals surface area contributed by atoms with Gasteiger partial charge in [0, 0.05) is 45.5 Å². The van der Waals surface area contributed by atoms with Crippen molar-refractivity contribution in [3.8, 4) is 0 Å². The molecule has 180 valence electrons. The molecule has 9 nitrogen and oxygen atoms in total. The molecule has 1 N–H and O–H groups in total. The molecule has 0 saturated carbocycles. The summed E-state index contributed by atoms with van der Waals surface area (Å²) in [5.41, 5.74) is 0.783. The van der Waals surface area contributed by atoms with Crippen molar-refractivity contribution in [1.29, 1.82) is 0 Å². The van der Waals surface area contributed by atoms with Crippen LogP contribution in [-0.2, 0) is 4.74 Å². The third-order valence-electron chi connectivity index (χ3n) is 6.15. The highest BCUT2D eigenvalue weighted by atomic mass is 16.6. The summed E-state index contributed by atoms with van der Waals surface area (Å²) < 4.78 is 5.70. The number of piperazine rings is 1. The van der Waals surface area contributed by atoms with Crippen LogP contribution in [0.2, 0.25) is 0 Å². The van der Waals surface area contributed by atoms with Crippen molar-refractivity contribution in [2.24, 2.45) is 0 Å². The first-order chi connectivity index (χ1) is 16.6. The molecule has 1 saturated heterocycles. The van der Waals surface area contributed by atoms with Gasteiger partial charge in [-0.25, -0.2) is 9.78 Å². The molecule has 1 aromatic heterocycles. The molecule has 1 fully saturated rings. The Bertz CT molecular complexity index is 972. The Morgan fingerprint density at radius 1 is 1.00 bits per heavy atom. The average Bonchev–Trinajstić information content (AvgIpc) is 3.10. The van der Waals surface area contributed by atoms with Crippen LogP contribution in [0, 0.1) is 0 Å². The van der Waals surface area contributed by atoms with Gasteiger partial charge in [-0.3, -0.25) is 19.4 Å². The van der Waals surface area contributed by atoms with Crippen LogP contribution in [0.1, 0.15) is 40.5 Å². The minimum atomic E-state index is -0.634. The number of amides is 3. The van der Waals surface area contributed by atoms with Crippen LogP contribution in [0.25, 0.3) is 0 Å². The van der Waals surface area contributed by atoms with E-state index in [0.29, 0.717) is 24.2 Å². The van der Waals surface area contributed by atoms with Gasteiger partial charge in [-0.1, -0.05) is 31.5 Å². The number of benzene rings is 1. The second-order valence-corrected chi connectivity index (χ2v) is 8.55. The molecule has 0 spiro atoms. The predicted octanol–water partition coefficient (Wildman–Crippen LogP) is 2.39. The molecule has 3 heterocycles. The number of unbranched alkanes of at least 4 members (excludes halogenated alkanes) is 1. The Morgan fingerprint density at radius 2 is 1.68 bits per heavy atom. The number of carbonyl (C=O) groups is 3. The molecule has 0 bridgehead atoms. The number of hydrogen-bond donors (Lipinski definition) is 1. The maximum absolute atomic E-state index is 12.9. The normalized spacial score (nSPS) is 17.0. The number of rotatable bonds is 9. The molecule has 34 heavy (non-hydrogen) atoms. The van der Waals surface area contributed by atoms with E-state index in [2.05, 4.69) is 20.1 Å². The van der Waals surface area contributed by atoms with Crippen molar-refractivity contribution in [3.05, 3.63) is 59.8 Å². The molecule has 0 aliphatic carbocycles. The van der Waals surface area contributed by atoms with Gasteiger partial charge in [0.05, 0.1) is 17.7 Å². The number of carbonyl (C=O) groups excluding carboxylic acids is 3. The van der Waals surface area contributed by atoms with Crippen LogP contribution < -0.4 is 10.2 Å². The summed E-state index contributed by atoms with van der Waals surface area (Å²) in [4.78, 5) is 48.1. The largest absolute Gasteiger partial charge is 0.443 e. The average molecular weight is 466 g/mol. The molecule has 2 aromatic rings. The van der Waals surface area contributed by atoms with E-state index in [4.69, 9.17) is 4.74 Å². The number of aromatic nitrogens is 1. The fourth-order valence-corrected chi connectivity index (χ4v) is 4.29. The van der Waals surface area contributed by atoms with Crippen LogP contribution in [0.4, 0.5) is 10.6 Å². The summed E-state index contributed by atoms with van der Waals surface area (Å²) in [6.45, 7) is 6.13. The van der Waals surface area contributed by atoms with E-state index in [1.807, 2.05) is 25.1 Å². The number of fused-ring (bicyclic) bond motifs is 1. The number of imide groups is 1. The Balaban J connectivity index is 1.40. The molecule has 3 amide bonds. The Hall–Kier alpha value is -3.46. The van der Waals surface area contributed by atoms with Crippen molar-refractivity contribution >= 4 is 23.7 Å². The summed E-state index contributed by atoms with van der Waals surface area (Å²) in [7, 11) is 0. The molecule has 0 radical (unpaired) electrons. The van der Waals surface area contributed by atoms with Gasteiger partial charge in [0.2, 0.25) is 0 Å². The lowest BCUT2D eigenvalue weighted by molar-refractivity contribution is 0.0358. The highest BCUT2D eigenvalue weighted by Gasteiger charge is 2.37. The lowest BCUT2D eigenvalue weighted by atomic mass is 10.1. The summed E-state index contributed by atoms with van der Waals surface area (Å²) in [6.07, 6.45) is 2.44. The van der Waals surface area contributed by atoms with Gasteiger partial charge in [-0.2, -0.15) is 0 Å². The first-order valence-corrected chi connectivity index (χ1v) is 11.8. The lowest BCUT2D eigenvalue weighted by Crippen LogP contribution is -2.52. The van der Waals surface area contributed by atoms with Gasteiger partial charge in [-0.05, 0) is 30.7 Å². The number of hydrogen-bond acceptors (Lipinski definition) is 7. The number of pyridine rings is 1. The zero-order valence-corrected chi connectivity index (χ0v) is 19.5. The van der Waals surface area contributed by atoms with Gasteiger partial charge in [-0.15, -0.1) is 0 Å². The maximum atomic E-state index is 12.9. The smallest absolute Gasteiger partial charge is 0.407 e. The summed E-state index contributed by atoms with van der Waals surface area (Å²) in [5.74, 6) is 0.248. The zero-order chi connectivity index (χ0) is 23.9. The number of anilines is 1. The van der Waals surface area contributed by atoms with Crippen molar-refractivity contribution in [2.45, 2.75) is 25.9 Å². The molecule has 4 rings (SSSR count). The molecule has 1 atom stereocenters. The minimum absolute atomic E-state index is 0.0218. The van der Waals surface area contributed by atoms with Crippen LogP contribution in [0.3, 0.4) is 0 Å². The predicted molar refractivity (Wildman–Crippen MR) is 128 cm³/mol. The van der Waals surface area contributed by atoms with E-state index < -0.39 is 12.2 Å². The maximum Gasteiger partial charge on any atom is 0.407 e. The van der Waals surface area contributed by atoms with Crippen LogP contribution in [0.15, 0.2) is 48.7 Å². The zero-order valence-electron chi connectivity index (χ0n) is 19.5. The SMILES string of the molecule is CCCCNC(=O)OC(CN1CCN(c2ccccn2)CC1)CN1C(=O)c2ccccc2C1=O. The second kappa shape index (κ2) is 11.1. The molecule has 1 aromatic carbocycles. The number of ether oxygens (including phenoxy) is 1. The number of nitrogens with zero attached hydrogens (tertiary/aromatic N) is 4. The number of nitrogens with one attached hydrogen (secondary N) is 1. The van der Waals surface area contributed by atoms with Crippen LogP contribution in [0.5, 0.6) is 0 Å². The highest BCUT2D eigenvalue weighted by Crippen LogP contribution is 2.23. The van der Waals surface area contributed by atoms with E-state index in [0.717, 1.165) is 44.8 Å². The fraction of sp³-hybridized carbons (Fsp3) is 0.440. The third-order valence-corrected chi connectivity index (χ3v) is 6.15. The molecular formula is C25H31N5O4. The first-order valence-electron chi connectivity index (χ1n) is 11.8. The van der Waals surface area contributed by atoms with E-state index in [1.54, 1.807) is 30.5 Å². The number of alkyl carbamates (subject to hydrolysis) is 1. The fourth-order valence-electron chi connectivity index (χ4n) is 4.29. The van der Waals surface area contributed by atoms with Crippen molar-refractivity contribution in [3.63, 3.8) is 0 Å². The van der Waals surface area contributed by atoms with Crippen molar-refractivity contribution < 1.29 is 19.1 Å². The van der Waals surface area contributed by atoms with Crippen LogP contribution >= 0.6 is 0 Å². The lowest BCUT2D eigenvalue weighted by Gasteiger charge is -2.37. The van der Waals surface area contributed by atoms with E-state index in [-0.39, 0.29) is 18.4 Å². The van der Waals surface area contributed by atoms with Gasteiger partial charge in [0.25, 0.3) is 11.8 Å². The third kappa shape index (κ3) is 5.53. The standard InChI is InChI=1S/C25H31N5O4/c1-2-3-11-27-25(33)34-19(18-30-23(31)20-8-4-5-9-21(20)24(30)32)17-28-13-15-29(16-14-28)22-10-6-7-12-26-22/h4-10,12,19H,2-3,11,13-18H2,1H3,(H,27,33). The Kier molecular flexibility index (Phi) is 7.74. The van der Waals surface area contributed by atoms with E-state index in [1.165, 1.54) is 4.90 Å². The van der Waals surface area contributed by atoms with Gasteiger partial charge >= 0.3 is 6.09 Å². The van der Waals surface area contributed by atoms with E-state index >= 15 is 0 Å². The molecule has 1 unspecified atom stereocenters. The summed E-state index contributed by atoms with van der Waals surface area (Å²) >= 11 is 0. The molecule has 2 aliphatic heterocycles. The van der Waals surface area contributed by atoms with Crippen molar-refractivity contribution in [2.75, 3.05) is 50.7 Å². The topological polar surface area (TPSA) is 95.1 Å². The van der Waals surface area contributed by atoms with Gasteiger partial charge in [0.1, 0.15) is 11.9 Å². The molecular weight excluding hydrogens is 434 g/mol. The molecule has 9 heteroatoms. The second-order valence-electron chi connectivity index (χ2n) is 8.55. The first kappa shape index (κ1) is 23.7. The van der Waals surface area contributed by atoms with Gasteiger partial charge in [0.15, 0.2) is 0 Å². The van der Waals surface area contributed by atoms with E-state index in [9.17, 15) is 14.4 Å². The Labute approximate surface area is 199 Å². The van der Waals surface area contributed by atoms with Crippen LogP contribution in [-0.4, -0.2) is 84.6 Å².